The Morgan fingerprint density at radius 1 is 0.450 bits per heavy atom. The van der Waals surface area contributed by atoms with Crippen molar-refractivity contribution in [3.63, 3.8) is 0 Å². The average Bonchev–Trinajstić information content (AvgIpc) is 3.03. The third-order valence-electron chi connectivity index (χ3n) is 7.67. The molecule has 0 bridgehead atoms. The van der Waals surface area contributed by atoms with Gasteiger partial charge in [0.15, 0.2) is 0 Å². The molecule has 2 nitrogen and oxygen atoms in total. The lowest BCUT2D eigenvalue weighted by atomic mass is 9.72. The zero-order valence-electron chi connectivity index (χ0n) is 24.7. The monoisotopic (exact) mass is 530 g/mol. The highest BCUT2D eigenvalue weighted by Gasteiger charge is 2.33. The van der Waals surface area contributed by atoms with Crippen molar-refractivity contribution < 1.29 is 0 Å². The Morgan fingerprint density at radius 2 is 0.700 bits per heavy atom. The van der Waals surface area contributed by atoms with Crippen LogP contribution in [0.5, 0.6) is 0 Å². The zero-order chi connectivity index (χ0) is 28.5. The summed E-state index contributed by atoms with van der Waals surface area (Å²) in [7, 11) is 4.05. The molecule has 0 spiro atoms. The largest absolute Gasteiger partial charge is 0.319 e. The first-order valence-corrected chi connectivity index (χ1v) is 14.4. The van der Waals surface area contributed by atoms with Crippen molar-refractivity contribution in [2.45, 2.75) is 37.5 Å². The summed E-state index contributed by atoms with van der Waals surface area (Å²) in [5, 5.41) is 6.76. The second-order valence-electron chi connectivity index (χ2n) is 10.2. The summed E-state index contributed by atoms with van der Waals surface area (Å²) in [5.74, 6) is 0. The van der Waals surface area contributed by atoms with Crippen LogP contribution in [0.4, 0.5) is 0 Å². The van der Waals surface area contributed by atoms with Crippen LogP contribution in [0.25, 0.3) is 0 Å². The third kappa shape index (κ3) is 7.69. The van der Waals surface area contributed by atoms with Gasteiger partial charge in [0, 0.05) is 23.9 Å². The zero-order valence-corrected chi connectivity index (χ0v) is 24.7. The number of hydrogen-bond donors (Lipinski definition) is 2. The number of hydrogen-bond acceptors (Lipinski definition) is 2. The molecule has 4 aromatic carbocycles. The summed E-state index contributed by atoms with van der Waals surface area (Å²) in [6, 6.07) is 43.1. The van der Waals surface area contributed by atoms with Gasteiger partial charge in [-0.25, -0.2) is 0 Å². The van der Waals surface area contributed by atoms with Crippen LogP contribution in [0.15, 0.2) is 146 Å². The van der Waals surface area contributed by atoms with Crippen LogP contribution >= 0.6 is 0 Å². The number of rotatable bonds is 12. The van der Waals surface area contributed by atoms with E-state index in [9.17, 15) is 0 Å². The van der Waals surface area contributed by atoms with Crippen molar-refractivity contribution in [3.8, 4) is 0 Å². The number of nitrogens with one attached hydrogen (secondary N) is 2. The normalized spacial score (nSPS) is 11.9. The fourth-order valence-electron chi connectivity index (χ4n) is 5.63. The van der Waals surface area contributed by atoms with E-state index in [1.807, 2.05) is 14.1 Å². The van der Waals surface area contributed by atoms with E-state index in [2.05, 4.69) is 170 Å². The van der Waals surface area contributed by atoms with Gasteiger partial charge >= 0.3 is 0 Å². The van der Waals surface area contributed by atoms with Gasteiger partial charge in [0.05, 0.1) is 0 Å². The summed E-state index contributed by atoms with van der Waals surface area (Å²) >= 11 is 0. The molecule has 208 valence electrons. The van der Waals surface area contributed by atoms with Gasteiger partial charge in [-0.3, -0.25) is 0 Å². The van der Waals surface area contributed by atoms with E-state index in [-0.39, 0.29) is 10.8 Å². The van der Waals surface area contributed by atoms with E-state index in [1.54, 1.807) is 0 Å². The summed E-state index contributed by atoms with van der Waals surface area (Å²) in [5.41, 5.74) is 5.42. The van der Waals surface area contributed by atoms with E-state index in [4.69, 9.17) is 0 Å². The molecule has 0 radical (unpaired) electrons. The average molecular weight is 531 g/mol. The molecule has 0 aliphatic rings. The van der Waals surface area contributed by atoms with Crippen molar-refractivity contribution in [2.75, 3.05) is 27.2 Å². The van der Waals surface area contributed by atoms with E-state index < -0.39 is 0 Å². The molecule has 0 aliphatic heterocycles. The fraction of sp³-hybridized carbons (Fsp3) is 0.263. The minimum atomic E-state index is -0.0101. The number of likely N-dealkylation sites (N-methyl/N-ethyl adjacent to an activating group) is 2. The van der Waals surface area contributed by atoms with E-state index in [0.29, 0.717) is 0 Å². The molecule has 0 amide bonds. The molecule has 0 heterocycles. The van der Waals surface area contributed by atoms with Gasteiger partial charge in [-0.15, -0.1) is 0 Å². The summed E-state index contributed by atoms with van der Waals surface area (Å²) in [6.07, 6.45) is 10.8. The first kappa shape index (κ1) is 30.8. The van der Waals surface area contributed by atoms with Gasteiger partial charge < -0.3 is 10.6 Å². The lowest BCUT2D eigenvalue weighted by Gasteiger charge is -2.34. The van der Waals surface area contributed by atoms with Crippen molar-refractivity contribution in [2.24, 2.45) is 0 Å². The minimum Gasteiger partial charge on any atom is -0.319 e. The van der Waals surface area contributed by atoms with E-state index in [1.165, 1.54) is 22.3 Å². The van der Waals surface area contributed by atoms with Crippen LogP contribution in [-0.2, 0) is 10.8 Å². The molecule has 2 heteroatoms. The third-order valence-corrected chi connectivity index (χ3v) is 7.67. The van der Waals surface area contributed by atoms with Crippen molar-refractivity contribution >= 4 is 0 Å². The molecular formula is C38H46N2. The molecule has 2 N–H and O–H groups in total. The maximum Gasteiger partial charge on any atom is 0.0361 e. The summed E-state index contributed by atoms with van der Waals surface area (Å²) < 4.78 is 0. The topological polar surface area (TPSA) is 24.1 Å². The van der Waals surface area contributed by atoms with E-state index in [0.717, 1.165) is 25.9 Å². The van der Waals surface area contributed by atoms with Crippen LogP contribution in [0.2, 0.25) is 0 Å². The molecule has 0 aliphatic carbocycles. The molecule has 0 unspecified atom stereocenters. The smallest absolute Gasteiger partial charge is 0.0361 e. The Hall–Kier alpha value is -3.72. The minimum absolute atomic E-state index is 0.0101. The highest BCUT2D eigenvalue weighted by molar-refractivity contribution is 5.42. The van der Waals surface area contributed by atoms with Gasteiger partial charge in [-0.1, -0.05) is 146 Å². The van der Waals surface area contributed by atoms with Gasteiger partial charge in [-0.05, 0) is 63.0 Å². The molecule has 40 heavy (non-hydrogen) atoms. The molecule has 0 aromatic heterocycles. The molecule has 0 saturated heterocycles. The molecular weight excluding hydrogens is 484 g/mol. The standard InChI is InChI=1S/2C19H23N/c2*1-3-4-15-19(16-20-2,17-11-7-5-8-12-17)18-13-9-6-10-14-18/h2*3-14,20H,15-16H2,1-2H3/b4-3+;4-3-. The maximum absolute atomic E-state index is 3.38. The van der Waals surface area contributed by atoms with Crippen LogP contribution in [-0.4, -0.2) is 27.2 Å². The number of benzene rings is 4. The SMILES string of the molecule is C/C=C/CC(CNC)(c1ccccc1)c1ccccc1.C/C=C\CC(CNC)(c1ccccc1)c1ccccc1. The second-order valence-corrected chi connectivity index (χ2v) is 10.2. The van der Waals surface area contributed by atoms with Crippen LogP contribution < -0.4 is 10.6 Å². The van der Waals surface area contributed by atoms with Gasteiger partial charge in [0.2, 0.25) is 0 Å². The van der Waals surface area contributed by atoms with E-state index >= 15 is 0 Å². The van der Waals surface area contributed by atoms with Crippen molar-refractivity contribution in [1.29, 1.82) is 0 Å². The Kier molecular flexibility index (Phi) is 12.6. The second kappa shape index (κ2) is 16.4. The first-order chi connectivity index (χ1) is 19.7. The van der Waals surface area contributed by atoms with Crippen LogP contribution in [0, 0.1) is 0 Å². The first-order valence-electron chi connectivity index (χ1n) is 14.4. The quantitative estimate of drug-likeness (QED) is 0.180. The molecule has 0 atom stereocenters. The Labute approximate surface area is 242 Å². The predicted molar refractivity (Wildman–Crippen MR) is 174 cm³/mol. The molecule has 4 rings (SSSR count). The van der Waals surface area contributed by atoms with Crippen LogP contribution in [0.1, 0.15) is 48.9 Å². The van der Waals surface area contributed by atoms with Gasteiger partial charge in [0.1, 0.15) is 0 Å². The highest BCUT2D eigenvalue weighted by Crippen LogP contribution is 2.36. The maximum atomic E-state index is 3.38. The molecule has 0 fully saturated rings. The van der Waals surface area contributed by atoms with Gasteiger partial charge in [0.25, 0.3) is 0 Å². The summed E-state index contributed by atoms with van der Waals surface area (Å²) in [4.78, 5) is 0. The summed E-state index contributed by atoms with van der Waals surface area (Å²) in [6.45, 7) is 6.01. The fourth-order valence-corrected chi connectivity index (χ4v) is 5.63. The lowest BCUT2D eigenvalue weighted by molar-refractivity contribution is 0.490. The molecule has 4 aromatic rings. The number of allylic oxidation sites excluding steroid dienone is 4. The Bertz CT molecular complexity index is 1080. The lowest BCUT2D eigenvalue weighted by Crippen LogP contribution is -2.37. The van der Waals surface area contributed by atoms with Gasteiger partial charge in [-0.2, -0.15) is 0 Å². The Balaban J connectivity index is 0.000000220. The van der Waals surface area contributed by atoms with Crippen LogP contribution in [0.3, 0.4) is 0 Å². The van der Waals surface area contributed by atoms with Crippen molar-refractivity contribution in [1.82, 2.24) is 10.6 Å². The Morgan fingerprint density at radius 3 is 0.900 bits per heavy atom. The molecule has 0 saturated carbocycles. The van der Waals surface area contributed by atoms with Crippen molar-refractivity contribution in [3.05, 3.63) is 168 Å². The predicted octanol–water partition coefficient (Wildman–Crippen LogP) is 8.32. The highest BCUT2D eigenvalue weighted by atomic mass is 14.8.